The van der Waals surface area contributed by atoms with Crippen molar-refractivity contribution in [3.05, 3.63) is 34.4 Å². The summed E-state index contributed by atoms with van der Waals surface area (Å²) < 4.78 is 33.3. The fourth-order valence-corrected chi connectivity index (χ4v) is 4.08. The lowest BCUT2D eigenvalue weighted by molar-refractivity contribution is 0.330. The van der Waals surface area contributed by atoms with Crippen LogP contribution in [0, 0.1) is 6.92 Å². The number of hydrogen-bond donors (Lipinski definition) is 1. The maximum Gasteiger partial charge on any atom is 0.244 e. The number of halogens is 1. The van der Waals surface area contributed by atoms with E-state index in [9.17, 15) is 8.42 Å². The van der Waals surface area contributed by atoms with Crippen LogP contribution in [0.4, 0.5) is 0 Å². The summed E-state index contributed by atoms with van der Waals surface area (Å²) >= 11 is 6.09. The third-order valence-electron chi connectivity index (χ3n) is 3.94. The maximum atomic E-state index is 12.6. The van der Waals surface area contributed by atoms with Crippen molar-refractivity contribution >= 4 is 21.6 Å². The Hall–Kier alpha value is -1.04. The SMILES string of the molecule is CCOc1cc(C)c(Cl)cc1S(=O)(=O)NCCC1=CCCCC1. The van der Waals surface area contributed by atoms with Gasteiger partial charge in [0.1, 0.15) is 10.6 Å². The van der Waals surface area contributed by atoms with Gasteiger partial charge in [0.25, 0.3) is 0 Å². The Morgan fingerprint density at radius 3 is 2.74 bits per heavy atom. The molecule has 23 heavy (non-hydrogen) atoms. The number of sulfonamides is 1. The van der Waals surface area contributed by atoms with E-state index >= 15 is 0 Å². The molecule has 0 bridgehead atoms. The number of rotatable bonds is 7. The molecule has 1 aromatic carbocycles. The van der Waals surface area contributed by atoms with Gasteiger partial charge in [0.05, 0.1) is 6.61 Å². The fourth-order valence-electron chi connectivity index (χ4n) is 2.67. The van der Waals surface area contributed by atoms with Gasteiger partial charge in [-0.25, -0.2) is 13.1 Å². The first-order chi connectivity index (χ1) is 10.9. The summed E-state index contributed by atoms with van der Waals surface area (Å²) in [6.07, 6.45) is 7.58. The van der Waals surface area contributed by atoms with Crippen LogP contribution in [0.25, 0.3) is 0 Å². The van der Waals surface area contributed by atoms with Crippen molar-refractivity contribution in [1.82, 2.24) is 4.72 Å². The predicted molar refractivity (Wildman–Crippen MR) is 93.7 cm³/mol. The molecule has 0 radical (unpaired) electrons. The van der Waals surface area contributed by atoms with Crippen molar-refractivity contribution in [2.45, 2.75) is 50.8 Å². The minimum atomic E-state index is -3.64. The molecule has 2 rings (SSSR count). The highest BCUT2D eigenvalue weighted by molar-refractivity contribution is 7.89. The van der Waals surface area contributed by atoms with Crippen molar-refractivity contribution in [3.63, 3.8) is 0 Å². The molecule has 6 heteroatoms. The predicted octanol–water partition coefficient (Wildman–Crippen LogP) is 4.22. The Morgan fingerprint density at radius 2 is 2.09 bits per heavy atom. The lowest BCUT2D eigenvalue weighted by Crippen LogP contribution is -2.26. The Morgan fingerprint density at radius 1 is 1.30 bits per heavy atom. The zero-order valence-electron chi connectivity index (χ0n) is 13.7. The van der Waals surface area contributed by atoms with Crippen LogP contribution in [0.3, 0.4) is 0 Å². The molecule has 0 aliphatic heterocycles. The fraction of sp³-hybridized carbons (Fsp3) is 0.529. The summed E-state index contributed by atoms with van der Waals surface area (Å²) in [5.41, 5.74) is 2.13. The Labute approximate surface area is 143 Å². The molecule has 1 aliphatic carbocycles. The van der Waals surface area contributed by atoms with Gasteiger partial charge in [-0.15, -0.1) is 0 Å². The van der Waals surface area contributed by atoms with Crippen LogP contribution in [0.2, 0.25) is 5.02 Å². The molecule has 1 aromatic rings. The molecule has 0 spiro atoms. The number of aryl methyl sites for hydroxylation is 1. The van der Waals surface area contributed by atoms with Crippen LogP contribution in [0.5, 0.6) is 5.75 Å². The lowest BCUT2D eigenvalue weighted by Gasteiger charge is -2.15. The number of ether oxygens (including phenoxy) is 1. The second kappa shape index (κ2) is 8.18. The molecule has 1 aliphatic rings. The van der Waals surface area contributed by atoms with Crippen LogP contribution < -0.4 is 9.46 Å². The van der Waals surface area contributed by atoms with E-state index in [0.29, 0.717) is 23.9 Å². The summed E-state index contributed by atoms with van der Waals surface area (Å²) in [4.78, 5) is 0.104. The first-order valence-electron chi connectivity index (χ1n) is 8.04. The van der Waals surface area contributed by atoms with E-state index in [2.05, 4.69) is 10.8 Å². The average Bonchev–Trinajstić information content (AvgIpc) is 2.51. The van der Waals surface area contributed by atoms with E-state index < -0.39 is 10.0 Å². The van der Waals surface area contributed by atoms with E-state index in [4.69, 9.17) is 16.3 Å². The first-order valence-corrected chi connectivity index (χ1v) is 9.90. The normalized spacial score (nSPS) is 15.3. The maximum absolute atomic E-state index is 12.6. The smallest absolute Gasteiger partial charge is 0.244 e. The second-order valence-corrected chi connectivity index (χ2v) is 7.88. The summed E-state index contributed by atoms with van der Waals surface area (Å²) in [7, 11) is -3.64. The third kappa shape index (κ3) is 4.96. The van der Waals surface area contributed by atoms with Crippen molar-refractivity contribution in [2.75, 3.05) is 13.2 Å². The van der Waals surface area contributed by atoms with E-state index in [-0.39, 0.29) is 4.90 Å². The van der Waals surface area contributed by atoms with Crippen molar-refractivity contribution in [2.24, 2.45) is 0 Å². The molecule has 1 N–H and O–H groups in total. The number of hydrogen-bond acceptors (Lipinski definition) is 3. The molecule has 128 valence electrons. The number of allylic oxidation sites excluding steroid dienone is 1. The van der Waals surface area contributed by atoms with E-state index in [0.717, 1.165) is 24.8 Å². The van der Waals surface area contributed by atoms with Crippen LogP contribution >= 0.6 is 11.6 Å². The van der Waals surface area contributed by atoms with Gasteiger partial charge in [0.15, 0.2) is 0 Å². The third-order valence-corrected chi connectivity index (χ3v) is 5.83. The average molecular weight is 358 g/mol. The van der Waals surface area contributed by atoms with Crippen molar-refractivity contribution in [1.29, 1.82) is 0 Å². The quantitative estimate of drug-likeness (QED) is 0.743. The minimum Gasteiger partial charge on any atom is -0.492 e. The zero-order valence-corrected chi connectivity index (χ0v) is 15.3. The number of nitrogens with one attached hydrogen (secondary N) is 1. The van der Waals surface area contributed by atoms with Gasteiger partial charge in [-0.3, -0.25) is 0 Å². The second-order valence-electron chi connectivity index (χ2n) is 5.74. The molecular weight excluding hydrogens is 334 g/mol. The highest BCUT2D eigenvalue weighted by Gasteiger charge is 2.21. The molecule has 0 heterocycles. The van der Waals surface area contributed by atoms with E-state index in [1.807, 2.05) is 13.8 Å². The van der Waals surface area contributed by atoms with Gasteiger partial charge >= 0.3 is 0 Å². The van der Waals surface area contributed by atoms with Gasteiger partial charge in [-0.2, -0.15) is 0 Å². The molecule has 0 atom stereocenters. The van der Waals surface area contributed by atoms with Gasteiger partial charge in [0.2, 0.25) is 10.0 Å². The van der Waals surface area contributed by atoms with Gasteiger partial charge in [0, 0.05) is 11.6 Å². The first kappa shape index (κ1) is 18.3. The molecular formula is C17H24ClNO3S. The molecule has 0 aromatic heterocycles. The summed E-state index contributed by atoms with van der Waals surface area (Å²) in [5.74, 6) is 0.346. The molecule has 0 unspecified atom stereocenters. The highest BCUT2D eigenvalue weighted by Crippen LogP contribution is 2.30. The van der Waals surface area contributed by atoms with E-state index in [1.54, 1.807) is 6.07 Å². The largest absolute Gasteiger partial charge is 0.492 e. The Balaban J connectivity index is 2.12. The van der Waals surface area contributed by atoms with Crippen molar-refractivity contribution in [3.8, 4) is 5.75 Å². The van der Waals surface area contributed by atoms with Crippen LogP contribution in [0.1, 0.15) is 44.6 Å². The monoisotopic (exact) mass is 357 g/mol. The summed E-state index contributed by atoms with van der Waals surface area (Å²) in [5, 5.41) is 0.420. The van der Waals surface area contributed by atoms with Crippen LogP contribution in [-0.4, -0.2) is 21.6 Å². The van der Waals surface area contributed by atoms with Gasteiger partial charge < -0.3 is 4.74 Å². The molecule has 4 nitrogen and oxygen atoms in total. The van der Waals surface area contributed by atoms with Crippen LogP contribution in [-0.2, 0) is 10.0 Å². The summed E-state index contributed by atoms with van der Waals surface area (Å²) in [6, 6.07) is 3.13. The zero-order chi connectivity index (χ0) is 16.9. The Kier molecular flexibility index (Phi) is 6.50. The summed E-state index contributed by atoms with van der Waals surface area (Å²) in [6.45, 7) is 4.44. The molecule has 0 saturated heterocycles. The minimum absolute atomic E-state index is 0.104. The van der Waals surface area contributed by atoms with E-state index in [1.165, 1.54) is 24.5 Å². The van der Waals surface area contributed by atoms with Gasteiger partial charge in [-0.05, 0) is 63.6 Å². The molecule has 0 fully saturated rings. The van der Waals surface area contributed by atoms with Crippen molar-refractivity contribution < 1.29 is 13.2 Å². The van der Waals surface area contributed by atoms with Gasteiger partial charge in [-0.1, -0.05) is 23.3 Å². The molecule has 0 amide bonds. The highest BCUT2D eigenvalue weighted by atomic mass is 35.5. The van der Waals surface area contributed by atoms with Crippen LogP contribution in [0.15, 0.2) is 28.7 Å². The standard InChI is InChI=1S/C17H24ClNO3S/c1-3-22-16-11-13(2)15(18)12-17(16)23(20,21)19-10-9-14-7-5-4-6-8-14/h7,11-12,19H,3-6,8-10H2,1-2H3. The number of benzene rings is 1. The topological polar surface area (TPSA) is 55.4 Å². The lowest BCUT2D eigenvalue weighted by atomic mass is 9.97. The Bertz CT molecular complexity index is 683. The molecule has 0 saturated carbocycles.